The van der Waals surface area contributed by atoms with Crippen LogP contribution in [0.1, 0.15) is 32.8 Å². The SMILES string of the molecule is CC(C)(C)n1ncc(Oc2ccc(CCCF)cc2)c(Cl)c1=O. The Morgan fingerprint density at radius 2 is 1.91 bits per heavy atom. The lowest BCUT2D eigenvalue weighted by atomic mass is 10.1. The molecule has 0 radical (unpaired) electrons. The van der Waals surface area contributed by atoms with E-state index in [2.05, 4.69) is 5.10 Å². The summed E-state index contributed by atoms with van der Waals surface area (Å²) in [5.41, 5.74) is 0.177. The van der Waals surface area contributed by atoms with Crippen molar-refractivity contribution in [2.24, 2.45) is 0 Å². The summed E-state index contributed by atoms with van der Waals surface area (Å²) in [4.78, 5) is 12.3. The third kappa shape index (κ3) is 4.32. The number of ether oxygens (including phenoxy) is 1. The summed E-state index contributed by atoms with van der Waals surface area (Å²) in [5.74, 6) is 0.763. The molecule has 0 bridgehead atoms. The van der Waals surface area contributed by atoms with Crippen molar-refractivity contribution >= 4 is 11.6 Å². The van der Waals surface area contributed by atoms with Gasteiger partial charge < -0.3 is 4.74 Å². The number of rotatable bonds is 5. The zero-order valence-corrected chi connectivity index (χ0v) is 14.2. The van der Waals surface area contributed by atoms with Crippen molar-refractivity contribution in [2.45, 2.75) is 39.2 Å². The summed E-state index contributed by atoms with van der Waals surface area (Å²) >= 11 is 6.11. The molecule has 0 saturated carbocycles. The summed E-state index contributed by atoms with van der Waals surface area (Å²) in [7, 11) is 0. The number of benzene rings is 1. The van der Waals surface area contributed by atoms with Crippen LogP contribution in [0.3, 0.4) is 0 Å². The predicted octanol–water partition coefficient (Wildman–Crippen LogP) is 4.35. The van der Waals surface area contributed by atoms with E-state index in [0.717, 1.165) is 5.56 Å². The van der Waals surface area contributed by atoms with Crippen molar-refractivity contribution < 1.29 is 9.13 Å². The highest BCUT2D eigenvalue weighted by Gasteiger charge is 2.20. The zero-order valence-electron chi connectivity index (χ0n) is 13.5. The minimum absolute atomic E-state index is 0.00330. The fourth-order valence-electron chi connectivity index (χ4n) is 2.09. The molecular weight excluding hydrogens is 319 g/mol. The highest BCUT2D eigenvalue weighted by atomic mass is 35.5. The predicted molar refractivity (Wildman–Crippen MR) is 89.3 cm³/mol. The number of aromatic nitrogens is 2. The molecule has 23 heavy (non-hydrogen) atoms. The summed E-state index contributed by atoms with van der Waals surface area (Å²) in [6, 6.07) is 7.25. The van der Waals surface area contributed by atoms with Gasteiger partial charge in [0.2, 0.25) is 0 Å². The van der Waals surface area contributed by atoms with E-state index in [0.29, 0.717) is 18.6 Å². The molecular formula is C17H20ClFN2O2. The Morgan fingerprint density at radius 1 is 1.26 bits per heavy atom. The van der Waals surface area contributed by atoms with E-state index in [1.807, 2.05) is 32.9 Å². The molecule has 1 heterocycles. The van der Waals surface area contributed by atoms with E-state index in [9.17, 15) is 9.18 Å². The Morgan fingerprint density at radius 3 is 2.48 bits per heavy atom. The second-order valence-corrected chi connectivity index (χ2v) is 6.63. The van der Waals surface area contributed by atoms with Crippen LogP contribution in [0, 0.1) is 0 Å². The molecule has 4 nitrogen and oxygen atoms in total. The molecule has 0 N–H and O–H groups in total. The fourth-order valence-corrected chi connectivity index (χ4v) is 2.26. The molecule has 1 aromatic heterocycles. The van der Waals surface area contributed by atoms with Crippen LogP contribution in [-0.2, 0) is 12.0 Å². The topological polar surface area (TPSA) is 44.1 Å². The number of aryl methyl sites for hydroxylation is 1. The van der Waals surface area contributed by atoms with E-state index < -0.39 is 11.1 Å². The van der Waals surface area contributed by atoms with Crippen molar-refractivity contribution in [3.63, 3.8) is 0 Å². The van der Waals surface area contributed by atoms with E-state index in [-0.39, 0.29) is 17.4 Å². The van der Waals surface area contributed by atoms with E-state index in [4.69, 9.17) is 16.3 Å². The van der Waals surface area contributed by atoms with Gasteiger partial charge in [0.05, 0.1) is 18.4 Å². The number of halogens is 2. The van der Waals surface area contributed by atoms with Crippen molar-refractivity contribution in [3.8, 4) is 11.5 Å². The van der Waals surface area contributed by atoms with Gasteiger partial charge in [-0.15, -0.1) is 0 Å². The van der Waals surface area contributed by atoms with Gasteiger partial charge in [-0.1, -0.05) is 23.7 Å². The highest BCUT2D eigenvalue weighted by Crippen LogP contribution is 2.27. The molecule has 0 saturated heterocycles. The molecule has 0 amide bonds. The van der Waals surface area contributed by atoms with Crippen LogP contribution in [0.2, 0.25) is 5.02 Å². The average Bonchev–Trinajstić information content (AvgIpc) is 2.50. The zero-order chi connectivity index (χ0) is 17.0. The quantitative estimate of drug-likeness (QED) is 0.814. The van der Waals surface area contributed by atoms with Crippen LogP contribution in [-0.4, -0.2) is 16.5 Å². The van der Waals surface area contributed by atoms with E-state index in [1.165, 1.54) is 10.9 Å². The van der Waals surface area contributed by atoms with Crippen LogP contribution in [0.5, 0.6) is 11.5 Å². The fraction of sp³-hybridized carbons (Fsp3) is 0.412. The van der Waals surface area contributed by atoms with Crippen molar-refractivity contribution in [3.05, 3.63) is 51.4 Å². The summed E-state index contributed by atoms with van der Waals surface area (Å²) in [6.45, 7) is 5.28. The molecule has 0 unspecified atom stereocenters. The third-order valence-electron chi connectivity index (χ3n) is 3.27. The minimum atomic E-state index is -0.461. The summed E-state index contributed by atoms with van der Waals surface area (Å²) in [6.07, 6.45) is 2.62. The Hall–Kier alpha value is -1.88. The molecule has 0 aliphatic carbocycles. The van der Waals surface area contributed by atoms with Gasteiger partial charge in [-0.3, -0.25) is 9.18 Å². The molecule has 0 atom stereocenters. The van der Waals surface area contributed by atoms with Gasteiger partial charge in [-0.05, 0) is 51.3 Å². The molecule has 1 aromatic carbocycles. The first-order valence-corrected chi connectivity index (χ1v) is 7.82. The molecule has 2 aromatic rings. The molecule has 0 spiro atoms. The minimum Gasteiger partial charge on any atom is -0.454 e. The van der Waals surface area contributed by atoms with Gasteiger partial charge in [0.1, 0.15) is 5.75 Å². The highest BCUT2D eigenvalue weighted by molar-refractivity contribution is 6.31. The number of hydrogen-bond donors (Lipinski definition) is 0. The number of hydrogen-bond acceptors (Lipinski definition) is 3. The maximum absolute atomic E-state index is 12.3. The first kappa shape index (κ1) is 17.5. The Balaban J connectivity index is 2.21. The van der Waals surface area contributed by atoms with E-state index in [1.54, 1.807) is 12.1 Å². The van der Waals surface area contributed by atoms with Crippen LogP contribution in [0.15, 0.2) is 35.3 Å². The van der Waals surface area contributed by atoms with Gasteiger partial charge in [0, 0.05) is 0 Å². The maximum Gasteiger partial charge on any atom is 0.289 e. The number of alkyl halides is 1. The standard InChI is InChI=1S/C17H20ClFN2O2/c1-17(2,3)21-16(22)15(18)14(11-20-21)23-13-8-6-12(7-9-13)5-4-10-19/h6-9,11H,4-5,10H2,1-3H3. The van der Waals surface area contributed by atoms with Crippen molar-refractivity contribution in [1.82, 2.24) is 9.78 Å². The number of nitrogens with zero attached hydrogens (tertiary/aromatic N) is 2. The summed E-state index contributed by atoms with van der Waals surface area (Å²) < 4.78 is 19.1. The Bertz CT molecular complexity index is 721. The molecule has 0 fully saturated rings. The second-order valence-electron chi connectivity index (χ2n) is 6.25. The molecule has 0 aliphatic rings. The van der Waals surface area contributed by atoms with Crippen LogP contribution < -0.4 is 10.3 Å². The van der Waals surface area contributed by atoms with Crippen molar-refractivity contribution in [2.75, 3.05) is 6.67 Å². The Kier molecular flexibility index (Phi) is 5.42. The summed E-state index contributed by atoms with van der Waals surface area (Å²) in [5, 5.41) is 4.11. The maximum atomic E-state index is 12.3. The van der Waals surface area contributed by atoms with Gasteiger partial charge in [0.25, 0.3) is 5.56 Å². The lowest BCUT2D eigenvalue weighted by molar-refractivity contribution is 0.333. The second kappa shape index (κ2) is 7.13. The largest absolute Gasteiger partial charge is 0.454 e. The van der Waals surface area contributed by atoms with Gasteiger partial charge >= 0.3 is 0 Å². The monoisotopic (exact) mass is 338 g/mol. The molecule has 2 rings (SSSR count). The van der Waals surface area contributed by atoms with Crippen LogP contribution >= 0.6 is 11.6 Å². The normalized spacial score (nSPS) is 11.5. The van der Waals surface area contributed by atoms with Gasteiger partial charge in [-0.2, -0.15) is 5.10 Å². The molecule has 6 heteroatoms. The Labute approximate surface area is 139 Å². The smallest absolute Gasteiger partial charge is 0.289 e. The first-order valence-electron chi connectivity index (χ1n) is 7.44. The molecule has 0 aliphatic heterocycles. The van der Waals surface area contributed by atoms with E-state index >= 15 is 0 Å². The van der Waals surface area contributed by atoms with Crippen molar-refractivity contribution in [1.29, 1.82) is 0 Å². The van der Waals surface area contributed by atoms with Crippen LogP contribution in [0.4, 0.5) is 4.39 Å². The lowest BCUT2D eigenvalue weighted by Crippen LogP contribution is -2.36. The average molecular weight is 339 g/mol. The first-order chi connectivity index (χ1) is 10.8. The lowest BCUT2D eigenvalue weighted by Gasteiger charge is -2.21. The van der Waals surface area contributed by atoms with Crippen LogP contribution in [0.25, 0.3) is 0 Å². The van der Waals surface area contributed by atoms with Gasteiger partial charge in [-0.25, -0.2) is 4.68 Å². The van der Waals surface area contributed by atoms with Gasteiger partial charge in [0.15, 0.2) is 10.8 Å². The molecule has 124 valence electrons. The third-order valence-corrected chi connectivity index (χ3v) is 3.62.